The third kappa shape index (κ3) is 12.5. The Balaban J connectivity index is 1.46. The van der Waals surface area contributed by atoms with Crippen LogP contribution in [-0.2, 0) is 9.47 Å². The lowest BCUT2D eigenvalue weighted by Crippen LogP contribution is -2.15. The second kappa shape index (κ2) is 19.5. The Morgan fingerprint density at radius 1 is 0.489 bits per heavy atom. The van der Waals surface area contributed by atoms with E-state index in [0.717, 1.165) is 43.2 Å². The van der Waals surface area contributed by atoms with Crippen LogP contribution in [0.5, 0.6) is 5.75 Å². The molecule has 3 rings (SSSR count). The number of hydrogen-bond donors (Lipinski definition) is 0. The highest BCUT2D eigenvalue weighted by Crippen LogP contribution is 2.23. The fraction of sp³-hybridized carbons (Fsp3) is 0.462. The first kappa shape index (κ1) is 35.5. The van der Waals surface area contributed by atoms with Crippen molar-refractivity contribution in [2.24, 2.45) is 0 Å². The molecule has 242 valence electrons. The van der Waals surface area contributed by atoms with Crippen molar-refractivity contribution >= 4 is 17.9 Å². The highest BCUT2D eigenvalue weighted by molar-refractivity contribution is 5.93. The fourth-order valence-electron chi connectivity index (χ4n) is 5.11. The summed E-state index contributed by atoms with van der Waals surface area (Å²) in [6, 6.07) is 20.8. The van der Waals surface area contributed by atoms with Crippen LogP contribution in [-0.4, -0.2) is 30.1 Å². The first-order valence-electron chi connectivity index (χ1n) is 16.7. The smallest absolute Gasteiger partial charge is 0.343 e. The molecule has 45 heavy (non-hydrogen) atoms. The first-order valence-corrected chi connectivity index (χ1v) is 16.7. The van der Waals surface area contributed by atoms with Crippen LogP contribution in [0.1, 0.15) is 136 Å². The van der Waals surface area contributed by atoms with Gasteiger partial charge in [0.25, 0.3) is 0 Å². The van der Waals surface area contributed by atoms with Gasteiger partial charge in [0.05, 0.1) is 28.9 Å². The molecule has 2 atom stereocenters. The molecule has 0 amide bonds. The maximum atomic E-state index is 12.7. The van der Waals surface area contributed by atoms with Crippen molar-refractivity contribution in [2.45, 2.75) is 117 Å². The van der Waals surface area contributed by atoms with E-state index < -0.39 is 5.97 Å². The van der Waals surface area contributed by atoms with Crippen LogP contribution in [0.2, 0.25) is 0 Å². The minimum Gasteiger partial charge on any atom is -0.459 e. The summed E-state index contributed by atoms with van der Waals surface area (Å²) in [5.41, 5.74) is 3.17. The normalized spacial score (nSPS) is 12.3. The monoisotopic (exact) mass is 614 g/mol. The van der Waals surface area contributed by atoms with Crippen LogP contribution in [0.25, 0.3) is 11.1 Å². The molecule has 0 aliphatic rings. The number of rotatable bonds is 19. The minimum absolute atomic E-state index is 0.107. The molecule has 6 heteroatoms. The summed E-state index contributed by atoms with van der Waals surface area (Å²) in [5, 5.41) is 0. The van der Waals surface area contributed by atoms with Crippen LogP contribution in [0, 0.1) is 0 Å². The van der Waals surface area contributed by atoms with Gasteiger partial charge in [0.1, 0.15) is 5.75 Å². The van der Waals surface area contributed by atoms with Crippen molar-refractivity contribution < 1.29 is 28.6 Å². The van der Waals surface area contributed by atoms with E-state index >= 15 is 0 Å². The number of hydrogen-bond acceptors (Lipinski definition) is 6. The lowest BCUT2D eigenvalue weighted by Gasteiger charge is -2.13. The molecule has 0 spiro atoms. The summed E-state index contributed by atoms with van der Waals surface area (Å²) >= 11 is 0. The Morgan fingerprint density at radius 2 is 0.844 bits per heavy atom. The Bertz CT molecular complexity index is 1310. The lowest BCUT2D eigenvalue weighted by atomic mass is 10.0. The number of benzene rings is 3. The van der Waals surface area contributed by atoms with E-state index in [4.69, 9.17) is 14.2 Å². The van der Waals surface area contributed by atoms with E-state index in [1.54, 1.807) is 48.5 Å². The summed E-state index contributed by atoms with van der Waals surface area (Å²) in [4.78, 5) is 37.8. The molecular weight excluding hydrogens is 564 g/mol. The van der Waals surface area contributed by atoms with Crippen molar-refractivity contribution in [2.75, 3.05) is 0 Å². The van der Waals surface area contributed by atoms with Gasteiger partial charge in [-0.25, -0.2) is 14.4 Å². The van der Waals surface area contributed by atoms with Crippen LogP contribution >= 0.6 is 0 Å². The van der Waals surface area contributed by atoms with Crippen LogP contribution in [0.3, 0.4) is 0 Å². The van der Waals surface area contributed by atoms with Gasteiger partial charge in [0.15, 0.2) is 0 Å². The van der Waals surface area contributed by atoms with Crippen LogP contribution in [0.4, 0.5) is 0 Å². The summed E-state index contributed by atoms with van der Waals surface area (Å²) in [7, 11) is 0. The van der Waals surface area contributed by atoms with E-state index in [-0.39, 0.29) is 24.1 Å². The average molecular weight is 615 g/mol. The molecule has 0 bridgehead atoms. The Kier molecular flexibility index (Phi) is 15.4. The van der Waals surface area contributed by atoms with Gasteiger partial charge in [0, 0.05) is 0 Å². The van der Waals surface area contributed by atoms with E-state index in [1.165, 1.54) is 44.9 Å². The SMILES string of the molecule is CCCCCCC[C@@H](C)OC(=O)c1ccc(OC(=O)c2ccc(-c3ccc(C(=O)O[C@H](C)CCCCCCC)cc3)cc2)cc1. The van der Waals surface area contributed by atoms with E-state index in [9.17, 15) is 14.4 Å². The maximum Gasteiger partial charge on any atom is 0.343 e. The molecule has 0 heterocycles. The second-order valence-corrected chi connectivity index (χ2v) is 11.9. The van der Waals surface area contributed by atoms with Crippen LogP contribution < -0.4 is 4.74 Å². The van der Waals surface area contributed by atoms with Crippen molar-refractivity contribution in [3.63, 3.8) is 0 Å². The van der Waals surface area contributed by atoms with E-state index in [2.05, 4.69) is 13.8 Å². The standard InChI is InChI=1S/C39H50O6/c1-5-7-9-11-13-15-29(3)43-37(40)33-21-17-31(18-22-33)32-19-23-34(24-20-32)39(42)45-36-27-25-35(26-28-36)38(41)44-30(4)16-14-12-10-8-6-2/h17-30H,5-16H2,1-4H3/t29-,30-/m1/s1. The van der Waals surface area contributed by atoms with Gasteiger partial charge in [-0.05, 0) is 99.2 Å². The first-order chi connectivity index (χ1) is 21.8. The van der Waals surface area contributed by atoms with Gasteiger partial charge < -0.3 is 14.2 Å². The molecule has 3 aromatic carbocycles. The number of unbranched alkanes of at least 4 members (excludes halogenated alkanes) is 8. The maximum absolute atomic E-state index is 12.7. The van der Waals surface area contributed by atoms with Gasteiger partial charge in [0.2, 0.25) is 0 Å². The lowest BCUT2D eigenvalue weighted by molar-refractivity contribution is 0.0309. The molecule has 0 unspecified atom stereocenters. The molecule has 0 N–H and O–H groups in total. The highest BCUT2D eigenvalue weighted by Gasteiger charge is 2.15. The van der Waals surface area contributed by atoms with Gasteiger partial charge >= 0.3 is 17.9 Å². The molecular formula is C39H50O6. The number of carbonyl (C=O) groups excluding carboxylic acids is 3. The fourth-order valence-corrected chi connectivity index (χ4v) is 5.11. The predicted molar refractivity (Wildman–Crippen MR) is 180 cm³/mol. The average Bonchev–Trinajstić information content (AvgIpc) is 3.05. The molecule has 0 saturated heterocycles. The molecule has 0 saturated carbocycles. The molecule has 6 nitrogen and oxygen atoms in total. The zero-order chi connectivity index (χ0) is 32.4. The predicted octanol–water partition coefficient (Wildman–Crippen LogP) is 10.4. The van der Waals surface area contributed by atoms with E-state index in [0.29, 0.717) is 22.4 Å². The van der Waals surface area contributed by atoms with Crippen molar-refractivity contribution in [3.8, 4) is 16.9 Å². The van der Waals surface area contributed by atoms with Gasteiger partial charge in [-0.15, -0.1) is 0 Å². The Labute approximate surface area is 269 Å². The largest absolute Gasteiger partial charge is 0.459 e. The summed E-state index contributed by atoms with van der Waals surface area (Å²) in [5.74, 6) is -0.838. The summed E-state index contributed by atoms with van der Waals surface area (Å²) in [6.45, 7) is 8.25. The zero-order valence-corrected chi connectivity index (χ0v) is 27.5. The quantitative estimate of drug-likeness (QED) is 0.0759. The second-order valence-electron chi connectivity index (χ2n) is 11.9. The van der Waals surface area contributed by atoms with Crippen molar-refractivity contribution in [3.05, 3.63) is 89.5 Å². The molecule has 3 aromatic rings. The molecule has 0 aliphatic carbocycles. The molecule has 0 radical (unpaired) electrons. The summed E-state index contributed by atoms with van der Waals surface area (Å²) in [6.07, 6.45) is 13.3. The van der Waals surface area contributed by atoms with E-state index in [1.807, 2.05) is 38.1 Å². The van der Waals surface area contributed by atoms with Crippen LogP contribution in [0.15, 0.2) is 72.8 Å². The third-order valence-electron chi connectivity index (χ3n) is 7.92. The van der Waals surface area contributed by atoms with Gasteiger partial charge in [-0.1, -0.05) is 89.5 Å². The topological polar surface area (TPSA) is 78.9 Å². The number of carbonyl (C=O) groups is 3. The van der Waals surface area contributed by atoms with Gasteiger partial charge in [-0.2, -0.15) is 0 Å². The Morgan fingerprint density at radius 3 is 1.24 bits per heavy atom. The molecule has 0 aliphatic heterocycles. The zero-order valence-electron chi connectivity index (χ0n) is 27.5. The molecule has 0 fully saturated rings. The third-order valence-corrected chi connectivity index (χ3v) is 7.92. The van der Waals surface area contributed by atoms with Crippen molar-refractivity contribution in [1.82, 2.24) is 0 Å². The van der Waals surface area contributed by atoms with Crippen molar-refractivity contribution in [1.29, 1.82) is 0 Å². The number of esters is 3. The molecule has 0 aromatic heterocycles. The highest BCUT2D eigenvalue weighted by atomic mass is 16.5. The Hall–Kier alpha value is -3.93. The number of ether oxygens (including phenoxy) is 3. The van der Waals surface area contributed by atoms with Gasteiger partial charge in [-0.3, -0.25) is 0 Å². The minimum atomic E-state index is -0.494. The summed E-state index contributed by atoms with van der Waals surface area (Å²) < 4.78 is 16.7.